The maximum Gasteiger partial charge on any atom is 0.230 e. The first-order valence-corrected chi connectivity index (χ1v) is 8.05. The van der Waals surface area contributed by atoms with Gasteiger partial charge in [0.15, 0.2) is 0 Å². The first kappa shape index (κ1) is 15.4. The molecule has 0 bridgehead atoms. The van der Waals surface area contributed by atoms with E-state index in [0.717, 1.165) is 16.8 Å². The Morgan fingerprint density at radius 2 is 2.04 bits per heavy atom. The predicted octanol–water partition coefficient (Wildman–Crippen LogP) is 4.44. The van der Waals surface area contributed by atoms with Crippen LogP contribution < -0.4 is 5.32 Å². The molecule has 0 saturated carbocycles. The summed E-state index contributed by atoms with van der Waals surface area (Å²) in [4.78, 5) is 16.5. The Labute approximate surface area is 137 Å². The van der Waals surface area contributed by atoms with Crippen molar-refractivity contribution in [1.82, 2.24) is 4.98 Å². The van der Waals surface area contributed by atoms with E-state index in [1.807, 2.05) is 36.6 Å². The molecule has 0 atom stereocenters. The summed E-state index contributed by atoms with van der Waals surface area (Å²) in [6, 6.07) is 13.9. The van der Waals surface area contributed by atoms with Gasteiger partial charge in [0.1, 0.15) is 10.8 Å². The minimum absolute atomic E-state index is 0.115. The maximum atomic E-state index is 13.3. The van der Waals surface area contributed by atoms with Crippen molar-refractivity contribution < 1.29 is 9.18 Å². The van der Waals surface area contributed by atoms with Gasteiger partial charge in [0.05, 0.1) is 12.1 Å². The van der Waals surface area contributed by atoms with Gasteiger partial charge >= 0.3 is 0 Å². The summed E-state index contributed by atoms with van der Waals surface area (Å²) in [6.07, 6.45) is 0.195. The summed E-state index contributed by atoms with van der Waals surface area (Å²) in [6.45, 7) is 1.94. The number of rotatable bonds is 4. The van der Waals surface area contributed by atoms with Crippen LogP contribution >= 0.6 is 11.3 Å². The van der Waals surface area contributed by atoms with Gasteiger partial charge in [0.25, 0.3) is 0 Å². The van der Waals surface area contributed by atoms with Gasteiger partial charge in [-0.15, -0.1) is 11.3 Å². The normalized spacial score (nSPS) is 10.5. The highest BCUT2D eigenvalue weighted by molar-refractivity contribution is 7.13. The lowest BCUT2D eigenvalue weighted by Crippen LogP contribution is -2.15. The van der Waals surface area contributed by atoms with Crippen molar-refractivity contribution in [1.29, 1.82) is 0 Å². The number of amides is 1. The number of thiazole rings is 1. The highest BCUT2D eigenvalue weighted by Gasteiger charge is 2.10. The third kappa shape index (κ3) is 3.81. The zero-order chi connectivity index (χ0) is 16.2. The number of benzene rings is 2. The first-order chi connectivity index (χ1) is 11.1. The molecule has 3 aromatic rings. The SMILES string of the molecule is Cc1ccccc1NC(=O)Cc1csc(-c2cccc(F)c2)n1. The van der Waals surface area contributed by atoms with Crippen molar-refractivity contribution in [2.75, 3.05) is 5.32 Å². The van der Waals surface area contributed by atoms with Crippen LogP contribution in [0, 0.1) is 12.7 Å². The van der Waals surface area contributed by atoms with E-state index >= 15 is 0 Å². The molecule has 1 N–H and O–H groups in total. The van der Waals surface area contributed by atoms with Gasteiger partial charge in [-0.2, -0.15) is 0 Å². The number of aryl methyl sites for hydroxylation is 1. The molecule has 0 aliphatic carbocycles. The summed E-state index contributed by atoms with van der Waals surface area (Å²) in [5, 5.41) is 5.42. The lowest BCUT2D eigenvalue weighted by molar-refractivity contribution is -0.115. The minimum Gasteiger partial charge on any atom is -0.326 e. The fourth-order valence-electron chi connectivity index (χ4n) is 2.21. The summed E-state index contributed by atoms with van der Waals surface area (Å²) in [5.41, 5.74) is 3.22. The molecule has 3 rings (SSSR count). The molecule has 23 heavy (non-hydrogen) atoms. The quantitative estimate of drug-likeness (QED) is 0.770. The van der Waals surface area contributed by atoms with E-state index in [0.29, 0.717) is 10.7 Å². The van der Waals surface area contributed by atoms with Crippen molar-refractivity contribution in [3.05, 3.63) is 71.0 Å². The fourth-order valence-corrected chi connectivity index (χ4v) is 3.03. The molecule has 1 heterocycles. The lowest BCUT2D eigenvalue weighted by atomic mass is 10.2. The number of hydrogen-bond donors (Lipinski definition) is 1. The molecule has 0 aliphatic heterocycles. The molecule has 0 spiro atoms. The largest absolute Gasteiger partial charge is 0.326 e. The third-order valence-electron chi connectivity index (χ3n) is 3.38. The van der Waals surface area contributed by atoms with E-state index in [1.54, 1.807) is 12.1 Å². The predicted molar refractivity (Wildman–Crippen MR) is 91.0 cm³/mol. The van der Waals surface area contributed by atoms with Crippen LogP contribution in [0.1, 0.15) is 11.3 Å². The van der Waals surface area contributed by atoms with Crippen LogP contribution in [0.25, 0.3) is 10.6 Å². The average Bonchev–Trinajstić information content (AvgIpc) is 2.98. The second-order valence-electron chi connectivity index (χ2n) is 5.19. The van der Waals surface area contributed by atoms with Crippen LogP contribution in [-0.2, 0) is 11.2 Å². The summed E-state index contributed by atoms with van der Waals surface area (Å²) < 4.78 is 13.3. The molecule has 0 radical (unpaired) electrons. The summed E-state index contributed by atoms with van der Waals surface area (Å²) >= 11 is 1.41. The molecule has 1 amide bonds. The van der Waals surface area contributed by atoms with Crippen LogP contribution in [-0.4, -0.2) is 10.9 Å². The number of hydrogen-bond acceptors (Lipinski definition) is 3. The van der Waals surface area contributed by atoms with Crippen LogP contribution in [0.4, 0.5) is 10.1 Å². The Kier molecular flexibility index (Phi) is 4.48. The number of nitrogens with one attached hydrogen (secondary N) is 1. The van der Waals surface area contributed by atoms with Crippen LogP contribution in [0.2, 0.25) is 0 Å². The Morgan fingerprint density at radius 1 is 1.22 bits per heavy atom. The zero-order valence-electron chi connectivity index (χ0n) is 12.5. The monoisotopic (exact) mass is 326 g/mol. The van der Waals surface area contributed by atoms with E-state index < -0.39 is 0 Å². The van der Waals surface area contributed by atoms with E-state index in [-0.39, 0.29) is 18.1 Å². The first-order valence-electron chi connectivity index (χ1n) is 7.17. The van der Waals surface area contributed by atoms with Crippen LogP contribution in [0.5, 0.6) is 0 Å². The molecule has 116 valence electrons. The highest BCUT2D eigenvalue weighted by Crippen LogP contribution is 2.24. The topological polar surface area (TPSA) is 42.0 Å². The number of carbonyl (C=O) groups excluding carboxylic acids is 1. The molecular formula is C18H15FN2OS. The maximum absolute atomic E-state index is 13.3. The van der Waals surface area contributed by atoms with Gasteiger partial charge in [-0.3, -0.25) is 4.79 Å². The number of halogens is 1. The highest BCUT2D eigenvalue weighted by atomic mass is 32.1. The average molecular weight is 326 g/mol. The third-order valence-corrected chi connectivity index (χ3v) is 4.32. The van der Waals surface area contributed by atoms with E-state index in [9.17, 15) is 9.18 Å². The van der Waals surface area contributed by atoms with Crippen molar-refractivity contribution in [2.45, 2.75) is 13.3 Å². The van der Waals surface area contributed by atoms with Crippen molar-refractivity contribution >= 4 is 22.9 Å². The molecule has 0 fully saturated rings. The van der Waals surface area contributed by atoms with Gasteiger partial charge in [-0.25, -0.2) is 9.37 Å². The molecule has 1 aromatic heterocycles. The Bertz CT molecular complexity index is 844. The molecule has 0 unspecified atom stereocenters. The molecule has 3 nitrogen and oxygen atoms in total. The van der Waals surface area contributed by atoms with E-state index in [2.05, 4.69) is 10.3 Å². The van der Waals surface area contributed by atoms with Gasteiger partial charge in [0, 0.05) is 16.6 Å². The van der Waals surface area contributed by atoms with Crippen molar-refractivity contribution in [2.24, 2.45) is 0 Å². The van der Waals surface area contributed by atoms with Crippen molar-refractivity contribution in [3.63, 3.8) is 0 Å². The number of aromatic nitrogens is 1. The number of carbonyl (C=O) groups is 1. The summed E-state index contributed by atoms with van der Waals surface area (Å²) in [5.74, 6) is -0.410. The van der Waals surface area contributed by atoms with Crippen molar-refractivity contribution in [3.8, 4) is 10.6 Å². The van der Waals surface area contributed by atoms with Crippen LogP contribution in [0.15, 0.2) is 53.9 Å². The number of nitrogens with zero attached hydrogens (tertiary/aromatic N) is 1. The smallest absolute Gasteiger partial charge is 0.230 e. The lowest BCUT2D eigenvalue weighted by Gasteiger charge is -2.06. The fraction of sp³-hybridized carbons (Fsp3) is 0.111. The van der Waals surface area contributed by atoms with Gasteiger partial charge in [0.2, 0.25) is 5.91 Å². The second-order valence-corrected chi connectivity index (χ2v) is 6.05. The molecule has 5 heteroatoms. The standard InChI is InChI=1S/C18H15FN2OS/c1-12-5-2-3-8-16(12)21-17(22)10-15-11-23-18(20-15)13-6-4-7-14(19)9-13/h2-9,11H,10H2,1H3,(H,21,22). The Hall–Kier alpha value is -2.53. The molecular weight excluding hydrogens is 311 g/mol. The molecule has 0 saturated heterocycles. The van der Waals surface area contributed by atoms with Gasteiger partial charge in [-0.1, -0.05) is 30.3 Å². The van der Waals surface area contributed by atoms with Gasteiger partial charge in [-0.05, 0) is 30.7 Å². The minimum atomic E-state index is -0.295. The number of para-hydroxylation sites is 1. The van der Waals surface area contributed by atoms with E-state index in [4.69, 9.17) is 0 Å². The Morgan fingerprint density at radius 3 is 2.83 bits per heavy atom. The van der Waals surface area contributed by atoms with E-state index in [1.165, 1.54) is 23.5 Å². The summed E-state index contributed by atoms with van der Waals surface area (Å²) in [7, 11) is 0. The molecule has 0 aliphatic rings. The second kappa shape index (κ2) is 6.71. The van der Waals surface area contributed by atoms with Gasteiger partial charge < -0.3 is 5.32 Å². The molecule has 2 aromatic carbocycles. The van der Waals surface area contributed by atoms with Crippen LogP contribution in [0.3, 0.4) is 0 Å². The zero-order valence-corrected chi connectivity index (χ0v) is 13.4. The number of anilines is 1. The Balaban J connectivity index is 1.69.